The smallest absolute Gasteiger partial charge is 0.259 e. The quantitative estimate of drug-likeness (QED) is 0.520. The number of fused-ring (bicyclic) bond motifs is 1. The van der Waals surface area contributed by atoms with Crippen LogP contribution in [0.15, 0.2) is 61.5 Å². The minimum Gasteiger partial charge on any atom is -0.460 e. The van der Waals surface area contributed by atoms with Crippen LogP contribution < -0.4 is 16.0 Å². The Bertz CT molecular complexity index is 1230. The summed E-state index contributed by atoms with van der Waals surface area (Å²) in [6, 6.07) is 13.1. The summed E-state index contributed by atoms with van der Waals surface area (Å²) in [5, 5.41) is 9.56. The van der Waals surface area contributed by atoms with Gasteiger partial charge < -0.3 is 19.9 Å². The van der Waals surface area contributed by atoms with Gasteiger partial charge in [-0.1, -0.05) is 28.1 Å². The molecule has 0 radical (unpaired) electrons. The highest BCUT2D eigenvalue weighted by Gasteiger charge is 2.36. The summed E-state index contributed by atoms with van der Waals surface area (Å²) >= 11 is 8.37. The molecule has 3 heterocycles. The lowest BCUT2D eigenvalue weighted by Gasteiger charge is -2.23. The van der Waals surface area contributed by atoms with Crippen LogP contribution in [0.3, 0.4) is 0 Å². The number of aromatic nitrogens is 2. The molecule has 9 heteroatoms. The average Bonchev–Trinajstić information content (AvgIpc) is 3.10. The second-order valence-corrected chi connectivity index (χ2v) is 7.11. The van der Waals surface area contributed by atoms with Crippen LogP contribution in [0, 0.1) is 16.1 Å². The maximum atomic E-state index is 12.5. The number of halogens is 1. The molecule has 4 N–H and O–H groups in total. The van der Waals surface area contributed by atoms with Crippen molar-refractivity contribution in [1.82, 2.24) is 9.97 Å². The summed E-state index contributed by atoms with van der Waals surface area (Å²) in [6.07, 6.45) is 0. The largest absolute Gasteiger partial charge is 0.460 e. The normalized spacial score (nSPS) is 15.8. The lowest BCUT2D eigenvalue weighted by molar-refractivity contribution is 0.366. The Morgan fingerprint density at radius 3 is 2.63 bits per heavy atom. The molecule has 0 amide bonds. The van der Waals surface area contributed by atoms with Gasteiger partial charge in [0.1, 0.15) is 23.2 Å². The van der Waals surface area contributed by atoms with Gasteiger partial charge in [-0.2, -0.15) is 5.26 Å². The number of rotatable bonds is 2. The molecule has 27 heavy (non-hydrogen) atoms. The molecule has 1 atom stereocenters. The Labute approximate surface area is 166 Å². The molecule has 0 saturated heterocycles. The van der Waals surface area contributed by atoms with Crippen molar-refractivity contribution in [2.75, 3.05) is 0 Å². The molecule has 0 aliphatic carbocycles. The molecular weight excluding hydrogens is 432 g/mol. The second kappa shape index (κ2) is 6.57. The monoisotopic (exact) mass is 442 g/mol. The van der Waals surface area contributed by atoms with E-state index >= 15 is 0 Å². The third-order valence-corrected chi connectivity index (χ3v) is 4.89. The fraction of sp³-hybridized carbons (Fsp3) is 0.0556. The van der Waals surface area contributed by atoms with Gasteiger partial charge in [0.2, 0.25) is 11.8 Å². The van der Waals surface area contributed by atoms with E-state index < -0.39 is 11.5 Å². The first kappa shape index (κ1) is 17.3. The van der Waals surface area contributed by atoms with Crippen LogP contribution in [0.5, 0.6) is 5.88 Å². The third-order valence-electron chi connectivity index (χ3n) is 4.16. The van der Waals surface area contributed by atoms with E-state index in [1.807, 2.05) is 30.3 Å². The van der Waals surface area contributed by atoms with Crippen molar-refractivity contribution in [2.45, 2.75) is 5.92 Å². The van der Waals surface area contributed by atoms with Gasteiger partial charge in [0.25, 0.3) is 5.56 Å². The summed E-state index contributed by atoms with van der Waals surface area (Å²) in [6.45, 7) is 0. The summed E-state index contributed by atoms with van der Waals surface area (Å²) < 4.78 is 12.4. The van der Waals surface area contributed by atoms with Crippen LogP contribution in [0.2, 0.25) is 0 Å². The number of nitrogens with two attached hydrogens (primary N) is 1. The lowest BCUT2D eigenvalue weighted by Crippen LogP contribution is -2.28. The SMILES string of the molecule is N#CC1=C(N)Oc2[nH]c(=S)[nH]c(=O)c2C1c1ccc(-c2ccc(Br)cc2)o1. The van der Waals surface area contributed by atoms with Crippen molar-refractivity contribution in [3.63, 3.8) is 0 Å². The fourth-order valence-electron chi connectivity index (χ4n) is 2.95. The van der Waals surface area contributed by atoms with E-state index in [1.54, 1.807) is 12.1 Å². The van der Waals surface area contributed by atoms with Gasteiger partial charge in [-0.15, -0.1) is 0 Å². The third kappa shape index (κ3) is 2.99. The number of hydrogen-bond acceptors (Lipinski definition) is 6. The Balaban J connectivity index is 1.88. The second-order valence-electron chi connectivity index (χ2n) is 5.78. The summed E-state index contributed by atoms with van der Waals surface area (Å²) in [7, 11) is 0. The van der Waals surface area contributed by atoms with Crippen LogP contribution in [-0.4, -0.2) is 9.97 Å². The van der Waals surface area contributed by atoms with Gasteiger partial charge in [-0.3, -0.25) is 9.78 Å². The molecule has 134 valence electrons. The number of nitriles is 1. The van der Waals surface area contributed by atoms with E-state index in [2.05, 4.69) is 25.9 Å². The van der Waals surface area contributed by atoms with Crippen molar-refractivity contribution < 1.29 is 9.15 Å². The van der Waals surface area contributed by atoms with Crippen molar-refractivity contribution in [1.29, 1.82) is 5.26 Å². The predicted octanol–water partition coefficient (Wildman–Crippen LogP) is 3.67. The molecule has 0 fully saturated rings. The van der Waals surface area contributed by atoms with E-state index in [0.29, 0.717) is 11.5 Å². The highest BCUT2D eigenvalue weighted by atomic mass is 79.9. The van der Waals surface area contributed by atoms with Crippen LogP contribution in [-0.2, 0) is 0 Å². The maximum Gasteiger partial charge on any atom is 0.259 e. The number of furan rings is 1. The first-order valence-corrected chi connectivity index (χ1v) is 8.98. The van der Waals surface area contributed by atoms with Crippen molar-refractivity contribution in [3.8, 4) is 23.3 Å². The Morgan fingerprint density at radius 1 is 1.19 bits per heavy atom. The molecular formula is C18H11BrN4O3S. The molecule has 0 spiro atoms. The van der Waals surface area contributed by atoms with E-state index in [1.165, 1.54) is 0 Å². The van der Waals surface area contributed by atoms with Crippen LogP contribution in [0.4, 0.5) is 0 Å². The van der Waals surface area contributed by atoms with Gasteiger partial charge in [0.05, 0.1) is 11.5 Å². The van der Waals surface area contributed by atoms with E-state index in [9.17, 15) is 10.1 Å². The first-order chi connectivity index (χ1) is 13.0. The fourth-order valence-corrected chi connectivity index (χ4v) is 3.40. The van der Waals surface area contributed by atoms with Gasteiger partial charge in [-0.05, 0) is 36.5 Å². The number of nitrogens with zero attached hydrogens (tertiary/aromatic N) is 1. The minimum atomic E-state index is -0.807. The highest BCUT2D eigenvalue weighted by molar-refractivity contribution is 9.10. The number of aromatic amines is 2. The highest BCUT2D eigenvalue weighted by Crippen LogP contribution is 2.40. The van der Waals surface area contributed by atoms with E-state index in [-0.39, 0.29) is 27.7 Å². The molecule has 1 aliphatic heterocycles. The average molecular weight is 443 g/mol. The topological polar surface area (TPSA) is 121 Å². The van der Waals surface area contributed by atoms with Crippen molar-refractivity contribution >= 4 is 28.1 Å². The summed E-state index contributed by atoms with van der Waals surface area (Å²) in [4.78, 5) is 17.8. The van der Waals surface area contributed by atoms with Gasteiger partial charge >= 0.3 is 0 Å². The van der Waals surface area contributed by atoms with Crippen LogP contribution in [0.1, 0.15) is 17.2 Å². The molecule has 3 aromatic rings. The standard InChI is InChI=1S/C18H11BrN4O3S/c19-9-3-1-8(2-4-9)11-5-6-12(25-11)13-10(7-20)15(21)26-17-14(13)16(24)22-18(27)23-17/h1-6,13H,21H2,(H2,22,23,24,27). The van der Waals surface area contributed by atoms with Crippen molar-refractivity contribution in [2.24, 2.45) is 5.73 Å². The van der Waals surface area contributed by atoms with Gasteiger partial charge in [-0.25, -0.2) is 0 Å². The molecule has 1 unspecified atom stereocenters. The van der Waals surface area contributed by atoms with Crippen molar-refractivity contribution in [3.05, 3.63) is 78.8 Å². The Hall–Kier alpha value is -3.09. The zero-order chi connectivity index (χ0) is 19.1. The first-order valence-electron chi connectivity index (χ1n) is 7.77. The van der Waals surface area contributed by atoms with E-state index in [4.69, 9.17) is 27.1 Å². The van der Waals surface area contributed by atoms with Crippen LogP contribution >= 0.6 is 28.1 Å². The molecule has 7 nitrogen and oxygen atoms in total. The predicted molar refractivity (Wildman–Crippen MR) is 103 cm³/mol. The van der Waals surface area contributed by atoms with Crippen LogP contribution in [0.25, 0.3) is 11.3 Å². The minimum absolute atomic E-state index is 0.0928. The zero-order valence-corrected chi connectivity index (χ0v) is 16.0. The number of nitrogens with one attached hydrogen (secondary N) is 2. The number of allylic oxidation sites excluding steroid dienone is 1. The number of benzene rings is 1. The number of ether oxygens (including phenoxy) is 1. The molecule has 0 saturated carbocycles. The van der Waals surface area contributed by atoms with Gasteiger partial charge in [0, 0.05) is 10.0 Å². The maximum absolute atomic E-state index is 12.5. The molecule has 4 rings (SSSR count). The molecule has 0 bridgehead atoms. The molecule has 1 aromatic carbocycles. The Morgan fingerprint density at radius 2 is 1.93 bits per heavy atom. The zero-order valence-electron chi connectivity index (χ0n) is 13.6. The summed E-state index contributed by atoms with van der Waals surface area (Å²) in [5.41, 5.74) is 6.55. The number of H-pyrrole nitrogens is 2. The molecule has 1 aliphatic rings. The molecule has 2 aromatic heterocycles. The van der Waals surface area contributed by atoms with Gasteiger partial charge in [0.15, 0.2) is 4.77 Å². The summed E-state index contributed by atoms with van der Waals surface area (Å²) in [5.74, 6) is 0.188. The lowest BCUT2D eigenvalue weighted by atomic mass is 9.89. The van der Waals surface area contributed by atoms with E-state index in [0.717, 1.165) is 10.0 Å². The number of hydrogen-bond donors (Lipinski definition) is 3. The Kier molecular flexibility index (Phi) is 4.22.